The lowest BCUT2D eigenvalue weighted by Crippen LogP contribution is -2.46. The van der Waals surface area contributed by atoms with Crippen LogP contribution in [0.5, 0.6) is 23.0 Å². The first kappa shape index (κ1) is 74.7. The van der Waals surface area contributed by atoms with E-state index in [0.29, 0.717) is 87.7 Å². The molecule has 0 unspecified atom stereocenters. The molecule has 0 spiro atoms. The van der Waals surface area contributed by atoms with Crippen LogP contribution in [0.2, 0.25) is 0 Å². The van der Waals surface area contributed by atoms with Crippen molar-refractivity contribution < 1.29 is 38.1 Å². The van der Waals surface area contributed by atoms with E-state index in [1.54, 1.807) is 0 Å². The fraction of sp³-hybridized carbons (Fsp3) is 0.641. The number of unbranched alkanes of at least 4 members (excludes halogenated alkanes) is 28. The van der Waals surface area contributed by atoms with E-state index in [1.165, 1.54) is 154 Å². The molecule has 1 aliphatic rings. The summed E-state index contributed by atoms with van der Waals surface area (Å²) in [6.45, 7) is 14.0. The Morgan fingerprint density at radius 3 is 0.589 bits per heavy atom. The quantitative estimate of drug-likeness (QED) is 0.0402. The van der Waals surface area contributed by atoms with Crippen molar-refractivity contribution in [3.63, 3.8) is 0 Å². The van der Waals surface area contributed by atoms with Gasteiger partial charge < -0.3 is 38.5 Å². The SMILES string of the molecule is CCCCCCCCCCOc1ccc(C(=O)N2CCCN(C(=O)c3ccc(OCCCCCCCCCC)cc3)CCN(C(=O)c3ccc(OCCCCCCCCCC)cc3)CCCN(C(=O)c3ccc(OCCCCCCCCCC)cc3)CC2)cc1. The van der Waals surface area contributed by atoms with Gasteiger partial charge in [-0.2, -0.15) is 0 Å². The van der Waals surface area contributed by atoms with Gasteiger partial charge in [-0.05, 0) is 136 Å². The number of amides is 4. The molecule has 12 heteroatoms. The predicted octanol–water partition coefficient (Wildman–Crippen LogP) is 19.4. The lowest BCUT2D eigenvalue weighted by molar-refractivity contribution is 0.0595. The van der Waals surface area contributed by atoms with Crippen LogP contribution in [0.15, 0.2) is 97.1 Å². The summed E-state index contributed by atoms with van der Waals surface area (Å²) in [4.78, 5) is 66.2. The monoisotopic (exact) mass is 1240 g/mol. The molecule has 0 bridgehead atoms. The van der Waals surface area contributed by atoms with Gasteiger partial charge in [0.15, 0.2) is 0 Å². The highest BCUT2D eigenvalue weighted by Gasteiger charge is 2.26. The molecule has 90 heavy (non-hydrogen) atoms. The van der Waals surface area contributed by atoms with E-state index in [4.69, 9.17) is 18.9 Å². The molecule has 1 saturated heterocycles. The summed E-state index contributed by atoms with van der Waals surface area (Å²) >= 11 is 0. The van der Waals surface area contributed by atoms with Crippen molar-refractivity contribution in [2.75, 3.05) is 78.8 Å². The summed E-state index contributed by atoms with van der Waals surface area (Å²) in [6.07, 6.45) is 40.1. The fourth-order valence-electron chi connectivity index (χ4n) is 11.9. The van der Waals surface area contributed by atoms with Gasteiger partial charge in [-0.15, -0.1) is 0 Å². The second-order valence-electron chi connectivity index (χ2n) is 25.3. The Hall–Kier alpha value is -6.04. The van der Waals surface area contributed by atoms with Crippen molar-refractivity contribution in [1.29, 1.82) is 0 Å². The summed E-state index contributed by atoms with van der Waals surface area (Å²) in [6, 6.07) is 29.7. The summed E-state index contributed by atoms with van der Waals surface area (Å²) in [5, 5.41) is 0. The first-order valence-electron chi connectivity index (χ1n) is 36.3. The van der Waals surface area contributed by atoms with Crippen LogP contribution in [0.25, 0.3) is 0 Å². The third-order valence-electron chi connectivity index (χ3n) is 17.6. The Morgan fingerprint density at radius 1 is 0.244 bits per heavy atom. The van der Waals surface area contributed by atoms with Crippen molar-refractivity contribution in [3.05, 3.63) is 119 Å². The van der Waals surface area contributed by atoms with E-state index in [1.807, 2.05) is 117 Å². The van der Waals surface area contributed by atoms with Crippen molar-refractivity contribution >= 4 is 23.6 Å². The molecule has 500 valence electrons. The highest BCUT2D eigenvalue weighted by atomic mass is 16.5. The van der Waals surface area contributed by atoms with Gasteiger partial charge >= 0.3 is 0 Å². The Labute approximate surface area is 545 Å². The van der Waals surface area contributed by atoms with Gasteiger partial charge in [-0.25, -0.2) is 0 Å². The third-order valence-corrected chi connectivity index (χ3v) is 17.6. The molecule has 1 aliphatic heterocycles. The molecule has 1 fully saturated rings. The second kappa shape index (κ2) is 47.8. The van der Waals surface area contributed by atoms with E-state index in [-0.39, 0.29) is 49.8 Å². The molecule has 0 aliphatic carbocycles. The number of ether oxygens (including phenoxy) is 4. The molecule has 5 rings (SSSR count). The van der Waals surface area contributed by atoms with Crippen LogP contribution in [-0.2, 0) is 0 Å². The molecule has 0 atom stereocenters. The molecule has 0 radical (unpaired) electrons. The number of rotatable bonds is 44. The van der Waals surface area contributed by atoms with E-state index in [9.17, 15) is 19.2 Å². The Bertz CT molecular complexity index is 2140. The van der Waals surface area contributed by atoms with E-state index >= 15 is 0 Å². The third kappa shape index (κ3) is 30.9. The van der Waals surface area contributed by atoms with Crippen LogP contribution < -0.4 is 18.9 Å². The van der Waals surface area contributed by atoms with Gasteiger partial charge in [0.25, 0.3) is 23.6 Å². The topological polar surface area (TPSA) is 118 Å². The smallest absolute Gasteiger partial charge is 0.253 e. The first-order chi connectivity index (χ1) is 44.2. The van der Waals surface area contributed by atoms with E-state index in [2.05, 4.69) is 27.7 Å². The zero-order chi connectivity index (χ0) is 63.9. The normalized spacial score (nSPS) is 13.5. The summed E-state index contributed by atoms with van der Waals surface area (Å²) in [5.41, 5.74) is 2.13. The molecule has 0 N–H and O–H groups in total. The van der Waals surface area contributed by atoms with Gasteiger partial charge in [-0.3, -0.25) is 19.2 Å². The second-order valence-corrected chi connectivity index (χ2v) is 25.3. The number of nitrogens with zero attached hydrogens (tertiary/aromatic N) is 4. The lowest BCUT2D eigenvalue weighted by atomic mass is 10.1. The van der Waals surface area contributed by atoms with Gasteiger partial charge in [-0.1, -0.05) is 207 Å². The first-order valence-corrected chi connectivity index (χ1v) is 36.3. The van der Waals surface area contributed by atoms with E-state index < -0.39 is 0 Å². The van der Waals surface area contributed by atoms with Crippen molar-refractivity contribution in [2.24, 2.45) is 0 Å². The summed E-state index contributed by atoms with van der Waals surface area (Å²) < 4.78 is 24.5. The Balaban J connectivity index is 1.33. The summed E-state index contributed by atoms with van der Waals surface area (Å²) in [5.74, 6) is 2.34. The number of hydrogen-bond acceptors (Lipinski definition) is 8. The Morgan fingerprint density at radius 2 is 0.411 bits per heavy atom. The molecule has 4 aromatic rings. The van der Waals surface area contributed by atoms with Crippen LogP contribution >= 0.6 is 0 Å². The Kier molecular flexibility index (Phi) is 39.7. The van der Waals surface area contributed by atoms with Crippen molar-refractivity contribution in [2.45, 2.75) is 246 Å². The zero-order valence-corrected chi connectivity index (χ0v) is 56.8. The van der Waals surface area contributed by atoms with E-state index in [0.717, 1.165) is 74.4 Å². The molecule has 12 nitrogen and oxygen atoms in total. The number of carbonyl (C=O) groups excluding carboxylic acids is 4. The zero-order valence-electron chi connectivity index (χ0n) is 56.8. The molecule has 0 saturated carbocycles. The maximum absolute atomic E-state index is 14.7. The number of hydrogen-bond donors (Lipinski definition) is 0. The van der Waals surface area contributed by atoms with Crippen LogP contribution in [0.4, 0.5) is 0 Å². The lowest BCUT2D eigenvalue weighted by Gasteiger charge is -2.32. The molecule has 1 heterocycles. The molecular formula is C78H120N4O8. The highest BCUT2D eigenvalue weighted by Crippen LogP contribution is 2.22. The van der Waals surface area contributed by atoms with Crippen LogP contribution in [-0.4, -0.2) is 122 Å². The molecule has 4 amide bonds. The minimum Gasteiger partial charge on any atom is -0.494 e. The van der Waals surface area contributed by atoms with Crippen molar-refractivity contribution in [3.8, 4) is 23.0 Å². The fourth-order valence-corrected chi connectivity index (χ4v) is 11.9. The summed E-state index contributed by atoms with van der Waals surface area (Å²) in [7, 11) is 0. The average Bonchev–Trinajstić information content (AvgIpc) is 3.32. The average molecular weight is 1240 g/mol. The molecule has 4 aromatic carbocycles. The van der Waals surface area contributed by atoms with Gasteiger partial charge in [0, 0.05) is 74.6 Å². The standard InChI is InChI=1S/C78H120N4O8/c1-5-9-13-17-21-25-29-33-63-87-71-47-39-67(40-48-71)75(83)79-55-37-56-81(77(85)69-43-51-73(52-44-69)89-65-35-31-27-23-19-15-11-7-3)61-62-82(78(86)70-45-53-74(54-46-70)90-66-36-32-28-24-20-16-12-8-4)58-38-57-80(60-59-79)76(84)68-41-49-72(50-42-68)88-64-34-30-26-22-18-14-10-6-2/h39-54H,5-38,55-66H2,1-4H3. The molecular weight excluding hydrogens is 1120 g/mol. The van der Waals surface area contributed by atoms with Gasteiger partial charge in [0.2, 0.25) is 0 Å². The number of benzene rings is 4. The number of carbonyl (C=O) groups is 4. The van der Waals surface area contributed by atoms with Crippen LogP contribution in [0, 0.1) is 0 Å². The minimum absolute atomic E-state index is 0.149. The maximum Gasteiger partial charge on any atom is 0.253 e. The highest BCUT2D eigenvalue weighted by molar-refractivity contribution is 5.96. The minimum atomic E-state index is -0.149. The van der Waals surface area contributed by atoms with Gasteiger partial charge in [0.05, 0.1) is 26.4 Å². The largest absolute Gasteiger partial charge is 0.494 e. The maximum atomic E-state index is 14.7. The molecule has 0 aromatic heterocycles. The van der Waals surface area contributed by atoms with Crippen LogP contribution in [0.3, 0.4) is 0 Å². The van der Waals surface area contributed by atoms with Gasteiger partial charge in [0.1, 0.15) is 23.0 Å². The van der Waals surface area contributed by atoms with Crippen LogP contribution in [0.1, 0.15) is 287 Å². The predicted molar refractivity (Wildman–Crippen MR) is 371 cm³/mol. The van der Waals surface area contributed by atoms with Crippen molar-refractivity contribution in [1.82, 2.24) is 19.6 Å².